The van der Waals surface area contributed by atoms with Crippen LogP contribution in [-0.2, 0) is 11.2 Å². The van der Waals surface area contributed by atoms with E-state index in [1.54, 1.807) is 12.1 Å². The topological polar surface area (TPSA) is 41.9 Å². The lowest BCUT2D eigenvalue weighted by Crippen LogP contribution is -2.43. The fourth-order valence-electron chi connectivity index (χ4n) is 4.18. The highest BCUT2D eigenvalue weighted by Crippen LogP contribution is 2.33. The maximum Gasteiger partial charge on any atom is 0.123 e. The number of hydrogen-bond donors (Lipinski definition) is 1. The lowest BCUT2D eigenvalue weighted by atomic mass is 10.1. The Morgan fingerprint density at radius 1 is 1.04 bits per heavy atom. The molecule has 0 aromatic heterocycles. The SMILES string of the molecule is O[C@H](CO[C@H]1CCc2ccccc21)CN1CCC(Oc2ccc(F)cc2)CC1. The van der Waals surface area contributed by atoms with Gasteiger partial charge < -0.3 is 19.5 Å². The van der Waals surface area contributed by atoms with E-state index in [0.29, 0.717) is 18.9 Å². The van der Waals surface area contributed by atoms with E-state index in [2.05, 4.69) is 29.2 Å². The Labute approximate surface area is 165 Å². The highest BCUT2D eigenvalue weighted by molar-refractivity contribution is 5.33. The molecule has 4 nitrogen and oxygen atoms in total. The Hall–Kier alpha value is -1.95. The van der Waals surface area contributed by atoms with Crippen molar-refractivity contribution in [2.75, 3.05) is 26.2 Å². The van der Waals surface area contributed by atoms with E-state index in [4.69, 9.17) is 9.47 Å². The molecule has 5 heteroatoms. The first kappa shape index (κ1) is 19.4. The number of aryl methyl sites for hydroxylation is 1. The number of rotatable bonds is 7. The number of likely N-dealkylation sites (tertiary alicyclic amines) is 1. The fraction of sp³-hybridized carbons (Fsp3) is 0.478. The molecule has 2 aliphatic rings. The van der Waals surface area contributed by atoms with Crippen LogP contribution in [0, 0.1) is 5.82 Å². The zero-order valence-electron chi connectivity index (χ0n) is 16.1. The number of halogens is 1. The van der Waals surface area contributed by atoms with Crippen molar-refractivity contribution in [1.29, 1.82) is 0 Å². The van der Waals surface area contributed by atoms with Crippen LogP contribution in [-0.4, -0.2) is 48.5 Å². The van der Waals surface area contributed by atoms with Crippen molar-refractivity contribution in [1.82, 2.24) is 4.90 Å². The summed E-state index contributed by atoms with van der Waals surface area (Å²) in [4.78, 5) is 2.27. The van der Waals surface area contributed by atoms with Crippen LogP contribution in [0.2, 0.25) is 0 Å². The van der Waals surface area contributed by atoms with Gasteiger partial charge in [0.1, 0.15) is 17.7 Å². The molecule has 1 fully saturated rings. The Bertz CT molecular complexity index is 759. The van der Waals surface area contributed by atoms with Crippen LogP contribution in [0.4, 0.5) is 4.39 Å². The average molecular weight is 385 g/mol. The molecule has 0 amide bonds. The molecule has 1 aliphatic heterocycles. The molecule has 0 radical (unpaired) electrons. The molecule has 4 rings (SSSR count). The van der Waals surface area contributed by atoms with Crippen molar-refractivity contribution in [3.8, 4) is 5.75 Å². The van der Waals surface area contributed by atoms with Crippen LogP contribution in [0.1, 0.15) is 36.5 Å². The zero-order chi connectivity index (χ0) is 19.3. The minimum Gasteiger partial charge on any atom is -0.490 e. The van der Waals surface area contributed by atoms with Crippen molar-refractivity contribution in [3.63, 3.8) is 0 Å². The van der Waals surface area contributed by atoms with Crippen LogP contribution in [0.15, 0.2) is 48.5 Å². The second kappa shape index (κ2) is 9.03. The second-order valence-corrected chi connectivity index (χ2v) is 7.79. The van der Waals surface area contributed by atoms with Crippen LogP contribution < -0.4 is 4.74 Å². The third-order valence-electron chi connectivity index (χ3n) is 5.69. The molecule has 2 atom stereocenters. The molecule has 1 saturated heterocycles. The van der Waals surface area contributed by atoms with Crippen LogP contribution in [0.25, 0.3) is 0 Å². The zero-order valence-corrected chi connectivity index (χ0v) is 16.1. The van der Waals surface area contributed by atoms with Gasteiger partial charge in [-0.25, -0.2) is 4.39 Å². The van der Waals surface area contributed by atoms with Crippen molar-refractivity contribution >= 4 is 0 Å². The standard InChI is InChI=1S/C23H28FNO3/c24-18-6-8-20(9-7-18)28-21-11-13-25(14-12-21)15-19(26)16-27-23-10-5-17-3-1-2-4-22(17)23/h1-4,6-9,19,21,23,26H,5,10-16H2/t19-,23-/m0/s1. The third-order valence-corrected chi connectivity index (χ3v) is 5.69. The van der Waals surface area contributed by atoms with Crippen molar-refractivity contribution in [3.05, 3.63) is 65.5 Å². The fourth-order valence-corrected chi connectivity index (χ4v) is 4.18. The summed E-state index contributed by atoms with van der Waals surface area (Å²) >= 11 is 0. The van der Waals surface area contributed by atoms with Gasteiger partial charge in [0.25, 0.3) is 0 Å². The van der Waals surface area contributed by atoms with E-state index in [1.807, 2.05) is 0 Å². The Balaban J connectivity index is 1.17. The minimum atomic E-state index is -0.484. The van der Waals surface area contributed by atoms with Crippen LogP contribution in [0.5, 0.6) is 5.75 Å². The summed E-state index contributed by atoms with van der Waals surface area (Å²) in [6.07, 6.45) is 3.63. The predicted molar refractivity (Wildman–Crippen MR) is 106 cm³/mol. The number of ether oxygens (including phenoxy) is 2. The first-order valence-electron chi connectivity index (χ1n) is 10.2. The van der Waals surface area contributed by atoms with E-state index in [9.17, 15) is 9.50 Å². The molecule has 0 spiro atoms. The number of piperidine rings is 1. The number of nitrogens with zero attached hydrogens (tertiary/aromatic N) is 1. The summed E-state index contributed by atoms with van der Waals surface area (Å²) in [5, 5.41) is 10.4. The molecule has 1 aliphatic carbocycles. The number of benzene rings is 2. The van der Waals surface area contributed by atoms with Crippen LogP contribution >= 0.6 is 0 Å². The lowest BCUT2D eigenvalue weighted by Gasteiger charge is -2.33. The van der Waals surface area contributed by atoms with E-state index in [1.165, 1.54) is 23.3 Å². The monoisotopic (exact) mass is 385 g/mol. The van der Waals surface area contributed by atoms with Gasteiger partial charge in [0.2, 0.25) is 0 Å². The molecule has 2 aromatic carbocycles. The largest absolute Gasteiger partial charge is 0.490 e. The molecule has 1 N–H and O–H groups in total. The highest BCUT2D eigenvalue weighted by atomic mass is 19.1. The molecular weight excluding hydrogens is 357 g/mol. The molecule has 150 valence electrons. The summed E-state index contributed by atoms with van der Waals surface area (Å²) in [6, 6.07) is 14.6. The number of aliphatic hydroxyl groups excluding tert-OH is 1. The van der Waals surface area contributed by atoms with Gasteiger partial charge in [-0.2, -0.15) is 0 Å². The maximum atomic E-state index is 13.0. The summed E-state index contributed by atoms with van der Waals surface area (Å²) in [5.41, 5.74) is 2.64. The molecule has 2 aromatic rings. The van der Waals surface area contributed by atoms with E-state index in [0.717, 1.165) is 38.8 Å². The maximum absolute atomic E-state index is 13.0. The molecular formula is C23H28FNO3. The van der Waals surface area contributed by atoms with Crippen LogP contribution in [0.3, 0.4) is 0 Å². The van der Waals surface area contributed by atoms with Gasteiger partial charge in [0.15, 0.2) is 0 Å². The van der Waals surface area contributed by atoms with Crippen molar-refractivity contribution in [2.24, 2.45) is 0 Å². The number of β-amino-alcohol motifs (C(OH)–C–C–N with tert-alkyl or cyclic N) is 1. The molecule has 28 heavy (non-hydrogen) atoms. The first-order chi connectivity index (χ1) is 13.7. The lowest BCUT2D eigenvalue weighted by molar-refractivity contribution is -0.0269. The van der Waals surface area contributed by atoms with E-state index in [-0.39, 0.29) is 18.0 Å². The Morgan fingerprint density at radius 2 is 1.79 bits per heavy atom. The van der Waals surface area contributed by atoms with Crippen molar-refractivity contribution < 1.29 is 19.0 Å². The average Bonchev–Trinajstić information content (AvgIpc) is 3.13. The second-order valence-electron chi connectivity index (χ2n) is 7.79. The summed E-state index contributed by atoms with van der Waals surface area (Å²) in [7, 11) is 0. The predicted octanol–water partition coefficient (Wildman–Crippen LogP) is 3.73. The first-order valence-corrected chi connectivity index (χ1v) is 10.2. The summed E-state index contributed by atoms with van der Waals surface area (Å²) in [6.45, 7) is 2.76. The van der Waals surface area contributed by atoms with Gasteiger partial charge in [0.05, 0.1) is 18.8 Å². The molecule has 0 unspecified atom stereocenters. The quantitative estimate of drug-likeness (QED) is 0.789. The Kier molecular flexibility index (Phi) is 6.25. The highest BCUT2D eigenvalue weighted by Gasteiger charge is 2.25. The minimum absolute atomic E-state index is 0.112. The summed E-state index contributed by atoms with van der Waals surface area (Å²) in [5.74, 6) is 0.463. The van der Waals surface area contributed by atoms with Gasteiger partial charge in [-0.15, -0.1) is 0 Å². The number of aliphatic hydroxyl groups is 1. The van der Waals surface area contributed by atoms with E-state index < -0.39 is 6.10 Å². The summed E-state index contributed by atoms with van der Waals surface area (Å²) < 4.78 is 24.9. The number of fused-ring (bicyclic) bond motifs is 1. The van der Waals surface area contributed by atoms with Gasteiger partial charge in [-0.05, 0) is 61.1 Å². The molecule has 0 bridgehead atoms. The normalized spacial score (nSPS) is 21.4. The van der Waals surface area contributed by atoms with Crippen molar-refractivity contribution in [2.45, 2.75) is 44.0 Å². The molecule has 0 saturated carbocycles. The smallest absolute Gasteiger partial charge is 0.123 e. The van der Waals surface area contributed by atoms with Gasteiger partial charge in [-0.1, -0.05) is 24.3 Å². The van der Waals surface area contributed by atoms with Gasteiger partial charge in [-0.3, -0.25) is 0 Å². The Morgan fingerprint density at radius 3 is 2.57 bits per heavy atom. The molecule has 1 heterocycles. The van der Waals surface area contributed by atoms with E-state index >= 15 is 0 Å². The third kappa shape index (κ3) is 4.90. The van der Waals surface area contributed by atoms with Gasteiger partial charge >= 0.3 is 0 Å². The number of hydrogen-bond acceptors (Lipinski definition) is 4. The van der Waals surface area contributed by atoms with Gasteiger partial charge in [0, 0.05) is 19.6 Å².